The second-order valence-electron chi connectivity index (χ2n) is 6.74. The minimum Gasteiger partial charge on any atom is -0.378 e. The highest BCUT2D eigenvalue weighted by molar-refractivity contribution is 5.64. The predicted molar refractivity (Wildman–Crippen MR) is 119 cm³/mol. The average molecular weight is 420 g/mol. The zero-order chi connectivity index (χ0) is 22.1. The van der Waals surface area contributed by atoms with Crippen LogP contribution in [-0.2, 0) is 4.74 Å². The van der Waals surface area contributed by atoms with Gasteiger partial charge in [0.1, 0.15) is 12.0 Å². The third-order valence-electron chi connectivity index (χ3n) is 4.81. The molecule has 4 heterocycles. The molecular weight excluding hydrogens is 385 g/mol. The monoisotopic (exact) mass is 419 g/mol. The van der Waals surface area contributed by atoms with E-state index < -0.39 is 6.17 Å². The van der Waals surface area contributed by atoms with Gasteiger partial charge in [0, 0.05) is 49.6 Å². The molecule has 0 saturated carbocycles. The number of nitrogens with two attached hydrogens (primary N) is 1. The van der Waals surface area contributed by atoms with Crippen LogP contribution in [0.2, 0.25) is 0 Å². The van der Waals surface area contributed by atoms with Gasteiger partial charge in [-0.15, -0.1) is 0 Å². The van der Waals surface area contributed by atoms with Crippen molar-refractivity contribution in [3.8, 4) is 11.3 Å². The maximum atomic E-state index is 14.0. The zero-order valence-corrected chi connectivity index (χ0v) is 18.7. The van der Waals surface area contributed by atoms with Gasteiger partial charge < -0.3 is 20.3 Å². The Morgan fingerprint density at radius 1 is 1.00 bits per heavy atom. The van der Waals surface area contributed by atoms with Crippen LogP contribution in [-0.4, -0.2) is 65.5 Å². The number of hydrogen-bond acceptors (Lipinski definition) is 8. The molecule has 2 aromatic rings. The van der Waals surface area contributed by atoms with Crippen molar-refractivity contribution in [2.75, 3.05) is 54.9 Å². The van der Waals surface area contributed by atoms with Gasteiger partial charge in [0.05, 0.1) is 25.5 Å². The Bertz CT molecular complexity index is 758. The average Bonchev–Trinajstić information content (AvgIpc) is 3.15. The molecule has 2 aliphatic rings. The number of ether oxygens (including phenoxy) is 1. The van der Waals surface area contributed by atoms with Gasteiger partial charge in [0.2, 0.25) is 11.9 Å². The number of nitrogens with zero attached hydrogens (tertiary/aromatic N) is 6. The van der Waals surface area contributed by atoms with Gasteiger partial charge in [-0.3, -0.25) is 0 Å². The van der Waals surface area contributed by atoms with Crippen molar-refractivity contribution in [1.82, 2.24) is 19.9 Å². The Labute approximate surface area is 178 Å². The fraction of sp³-hybridized carbons (Fsp3) is 0.619. The maximum Gasteiger partial charge on any atom is 0.227 e. The van der Waals surface area contributed by atoms with Gasteiger partial charge in [-0.05, 0) is 0 Å². The largest absolute Gasteiger partial charge is 0.378 e. The Balaban J connectivity index is 0.000000757. The molecule has 8 nitrogen and oxygen atoms in total. The van der Waals surface area contributed by atoms with Gasteiger partial charge in [-0.2, -0.15) is 4.98 Å². The van der Waals surface area contributed by atoms with Gasteiger partial charge in [-0.1, -0.05) is 34.6 Å². The summed E-state index contributed by atoms with van der Waals surface area (Å²) in [5.74, 6) is 1.52. The highest BCUT2D eigenvalue weighted by Gasteiger charge is 2.31. The van der Waals surface area contributed by atoms with Crippen molar-refractivity contribution in [2.45, 2.75) is 40.8 Å². The molecule has 0 aliphatic carbocycles. The van der Waals surface area contributed by atoms with Crippen molar-refractivity contribution in [1.29, 1.82) is 0 Å². The lowest BCUT2D eigenvalue weighted by atomic mass is 10.1. The van der Waals surface area contributed by atoms with Crippen molar-refractivity contribution in [3.63, 3.8) is 0 Å². The maximum absolute atomic E-state index is 14.0. The second kappa shape index (κ2) is 11.6. The van der Waals surface area contributed by atoms with Gasteiger partial charge >= 0.3 is 0 Å². The lowest BCUT2D eigenvalue weighted by Gasteiger charge is -2.29. The van der Waals surface area contributed by atoms with Crippen molar-refractivity contribution >= 4 is 17.7 Å². The molecule has 2 unspecified atom stereocenters. The van der Waals surface area contributed by atoms with Crippen LogP contribution in [0.4, 0.5) is 22.1 Å². The molecule has 0 bridgehead atoms. The van der Waals surface area contributed by atoms with Crippen molar-refractivity contribution in [3.05, 3.63) is 18.5 Å². The molecule has 0 radical (unpaired) electrons. The summed E-state index contributed by atoms with van der Waals surface area (Å²) in [5, 5.41) is 0. The number of morpholine rings is 1. The lowest BCUT2D eigenvalue weighted by molar-refractivity contribution is 0.122. The van der Waals surface area contributed by atoms with Crippen LogP contribution in [0.5, 0.6) is 0 Å². The van der Waals surface area contributed by atoms with Crippen molar-refractivity contribution in [2.24, 2.45) is 5.92 Å². The number of hydrogen-bond donors (Lipinski definition) is 1. The van der Waals surface area contributed by atoms with Crippen LogP contribution in [0.3, 0.4) is 0 Å². The molecule has 2 aliphatic heterocycles. The highest BCUT2D eigenvalue weighted by Crippen LogP contribution is 2.28. The molecule has 0 amide bonds. The Kier molecular flexibility index (Phi) is 9.16. The molecule has 30 heavy (non-hydrogen) atoms. The van der Waals surface area contributed by atoms with E-state index in [0.717, 1.165) is 24.5 Å². The summed E-state index contributed by atoms with van der Waals surface area (Å²) in [6, 6.07) is 1.91. The second-order valence-corrected chi connectivity index (χ2v) is 6.74. The lowest BCUT2D eigenvalue weighted by Crippen LogP contribution is -2.37. The fourth-order valence-corrected chi connectivity index (χ4v) is 3.23. The van der Waals surface area contributed by atoms with Crippen LogP contribution in [0, 0.1) is 5.92 Å². The van der Waals surface area contributed by atoms with Crippen LogP contribution in [0.15, 0.2) is 18.5 Å². The van der Waals surface area contributed by atoms with Gasteiger partial charge in [-0.25, -0.2) is 19.3 Å². The van der Waals surface area contributed by atoms with E-state index in [9.17, 15) is 4.39 Å². The van der Waals surface area contributed by atoms with E-state index in [1.54, 1.807) is 12.4 Å². The first-order valence-electron chi connectivity index (χ1n) is 10.8. The number of rotatable bonds is 3. The van der Waals surface area contributed by atoms with Crippen LogP contribution < -0.4 is 15.5 Å². The summed E-state index contributed by atoms with van der Waals surface area (Å²) < 4.78 is 19.4. The zero-order valence-electron chi connectivity index (χ0n) is 18.7. The number of aromatic nitrogens is 4. The first-order chi connectivity index (χ1) is 14.6. The van der Waals surface area contributed by atoms with E-state index in [4.69, 9.17) is 15.5 Å². The molecule has 2 saturated heterocycles. The van der Waals surface area contributed by atoms with E-state index >= 15 is 0 Å². The quantitative estimate of drug-likeness (QED) is 0.811. The summed E-state index contributed by atoms with van der Waals surface area (Å²) in [7, 11) is 0. The van der Waals surface area contributed by atoms with E-state index in [1.165, 1.54) is 0 Å². The van der Waals surface area contributed by atoms with Crippen LogP contribution >= 0.6 is 0 Å². The summed E-state index contributed by atoms with van der Waals surface area (Å²) in [5.41, 5.74) is 7.04. The SMILES string of the molecule is CC.CC.CC1CN(c2nc(-c3cnc(N)nc3)cc(N3CCOCC3)n2)CC1F. The molecule has 2 atom stereocenters. The number of halogens is 1. The topological polar surface area (TPSA) is 93.3 Å². The first-order valence-corrected chi connectivity index (χ1v) is 10.8. The summed E-state index contributed by atoms with van der Waals surface area (Å²) >= 11 is 0. The normalized spacial score (nSPS) is 20.7. The van der Waals surface area contributed by atoms with Crippen molar-refractivity contribution < 1.29 is 9.13 Å². The van der Waals surface area contributed by atoms with E-state index in [0.29, 0.717) is 37.9 Å². The molecule has 2 aromatic heterocycles. The first kappa shape index (κ1) is 23.7. The summed E-state index contributed by atoms with van der Waals surface area (Å²) in [4.78, 5) is 21.5. The Morgan fingerprint density at radius 3 is 2.20 bits per heavy atom. The van der Waals surface area contributed by atoms with E-state index in [1.807, 2.05) is 45.6 Å². The van der Waals surface area contributed by atoms with Crippen LogP contribution in [0.25, 0.3) is 11.3 Å². The minimum absolute atomic E-state index is 0.0334. The number of anilines is 3. The van der Waals surface area contributed by atoms with Crippen LogP contribution in [0.1, 0.15) is 34.6 Å². The summed E-state index contributed by atoms with van der Waals surface area (Å²) in [6.45, 7) is 13.7. The van der Waals surface area contributed by atoms with E-state index in [2.05, 4.69) is 19.9 Å². The molecule has 2 N–H and O–H groups in total. The Morgan fingerprint density at radius 2 is 1.63 bits per heavy atom. The molecule has 4 rings (SSSR count). The molecule has 0 spiro atoms. The molecule has 0 aromatic carbocycles. The molecule has 9 heteroatoms. The minimum atomic E-state index is -0.867. The number of alkyl halides is 1. The third-order valence-corrected chi connectivity index (χ3v) is 4.81. The van der Waals surface area contributed by atoms with Gasteiger partial charge in [0.15, 0.2) is 0 Å². The standard InChI is InChI=1S/C17H22FN7O.2C2H6/c1-11-9-25(10-13(11)18)17-22-14(12-7-20-16(19)21-8-12)6-15(23-17)24-2-4-26-5-3-24;2*1-2/h6-8,11,13H,2-5,9-10H2,1H3,(H2,19,20,21);2*1-2H3. The molecule has 2 fully saturated rings. The predicted octanol–water partition coefficient (Wildman–Crippen LogP) is 3.20. The smallest absolute Gasteiger partial charge is 0.227 e. The third kappa shape index (κ3) is 5.75. The molecule has 166 valence electrons. The van der Waals surface area contributed by atoms with Gasteiger partial charge in [0.25, 0.3) is 0 Å². The Hall–Kier alpha value is -2.55. The summed E-state index contributed by atoms with van der Waals surface area (Å²) in [6.07, 6.45) is 2.42. The fourth-order valence-electron chi connectivity index (χ4n) is 3.23. The van der Waals surface area contributed by atoms with E-state index in [-0.39, 0.29) is 11.9 Å². The molecular formula is C21H34FN7O. The highest BCUT2D eigenvalue weighted by atomic mass is 19.1. The number of nitrogen functional groups attached to an aromatic ring is 1.